The first-order valence-electron chi connectivity index (χ1n) is 16.4. The Kier molecular flexibility index (Phi) is 9.60. The predicted octanol–water partition coefficient (Wildman–Crippen LogP) is 5.49. The number of aryl methyl sites for hydroxylation is 1. The van der Waals surface area contributed by atoms with E-state index in [1.807, 2.05) is 37.3 Å². The van der Waals surface area contributed by atoms with E-state index in [0.29, 0.717) is 59.1 Å². The van der Waals surface area contributed by atoms with E-state index in [0.717, 1.165) is 5.56 Å². The number of methoxy groups -OCH3 is 2. The number of halogens is 1. The maximum absolute atomic E-state index is 16.3. The highest BCUT2D eigenvalue weighted by Gasteiger charge is 2.66. The van der Waals surface area contributed by atoms with Gasteiger partial charge in [0.15, 0.2) is 5.60 Å². The highest BCUT2D eigenvalue weighted by Crippen LogP contribution is 2.60. The highest BCUT2D eigenvalue weighted by molar-refractivity contribution is 6.72. The molecule has 0 aliphatic carbocycles. The molecule has 2 N–H and O–H groups in total. The number of nitrogens with one attached hydrogen (secondary N) is 1. The normalized spacial score (nSPS) is 21.7. The lowest BCUT2D eigenvalue weighted by atomic mass is 9.82. The summed E-state index contributed by atoms with van der Waals surface area (Å²) < 4.78 is 35.6. The smallest absolute Gasteiger partial charge is 0.264 e. The summed E-state index contributed by atoms with van der Waals surface area (Å²) >= 11 is 0. The van der Waals surface area contributed by atoms with Crippen molar-refractivity contribution in [1.82, 2.24) is 15.0 Å². The van der Waals surface area contributed by atoms with Crippen LogP contribution in [-0.2, 0) is 34.6 Å². The van der Waals surface area contributed by atoms with E-state index in [1.54, 1.807) is 79.5 Å². The molecule has 3 heterocycles. The number of aromatic nitrogens is 3. The summed E-state index contributed by atoms with van der Waals surface area (Å²) in [5, 5.41) is 20.5. The van der Waals surface area contributed by atoms with Gasteiger partial charge in [0.2, 0.25) is 8.41 Å². The van der Waals surface area contributed by atoms with Crippen LogP contribution in [0.2, 0.25) is 18.6 Å². The van der Waals surface area contributed by atoms with E-state index < -0.39 is 31.6 Å². The molecule has 4 aromatic rings. The quantitative estimate of drug-likeness (QED) is 0.148. The van der Waals surface area contributed by atoms with Crippen molar-refractivity contribution < 1.29 is 33.0 Å². The van der Waals surface area contributed by atoms with E-state index in [9.17, 15) is 14.7 Å². The van der Waals surface area contributed by atoms with Gasteiger partial charge in [-0.25, -0.2) is 0 Å². The third-order valence-corrected chi connectivity index (χ3v) is 12.1. The van der Waals surface area contributed by atoms with Gasteiger partial charge in [-0.1, -0.05) is 24.3 Å². The summed E-state index contributed by atoms with van der Waals surface area (Å²) in [7, 11) is -0.230. The minimum Gasteiger partial charge on any atom is -0.497 e. The highest BCUT2D eigenvalue weighted by atomic mass is 28.4. The van der Waals surface area contributed by atoms with Crippen molar-refractivity contribution in [3.05, 3.63) is 95.3 Å². The number of carbonyl (C=O) groups excluding carboxylic acids is 2. The molecule has 0 unspecified atom stereocenters. The van der Waals surface area contributed by atoms with Gasteiger partial charge in [0.25, 0.3) is 11.8 Å². The van der Waals surface area contributed by atoms with Crippen LogP contribution < -0.4 is 19.7 Å². The van der Waals surface area contributed by atoms with E-state index >= 15 is 4.11 Å². The summed E-state index contributed by atoms with van der Waals surface area (Å²) in [5.41, 5.74) is 1.97. The molecule has 1 fully saturated rings. The van der Waals surface area contributed by atoms with Crippen LogP contribution in [0.1, 0.15) is 40.5 Å². The summed E-state index contributed by atoms with van der Waals surface area (Å²) in [6.07, 6.45) is 2.05. The molecule has 2 aliphatic rings. The second-order valence-corrected chi connectivity index (χ2v) is 17.0. The number of amides is 2. The fourth-order valence-corrected chi connectivity index (χ4v) is 9.93. The Morgan fingerprint density at radius 3 is 2.51 bits per heavy atom. The molecule has 0 radical (unpaired) electrons. The van der Waals surface area contributed by atoms with E-state index in [4.69, 9.17) is 14.2 Å². The predicted molar refractivity (Wildman–Crippen MR) is 185 cm³/mol. The lowest BCUT2D eigenvalue weighted by Crippen LogP contribution is -2.45. The Labute approximate surface area is 286 Å². The van der Waals surface area contributed by atoms with Crippen molar-refractivity contribution in [3.8, 4) is 11.5 Å². The number of aliphatic hydroxyl groups is 1. The summed E-state index contributed by atoms with van der Waals surface area (Å²) in [6.45, 7) is 5.87. The van der Waals surface area contributed by atoms with Crippen molar-refractivity contribution in [3.63, 3.8) is 0 Å². The average molecular weight is 688 g/mol. The summed E-state index contributed by atoms with van der Waals surface area (Å²) in [6, 6.07) is 19.7. The van der Waals surface area contributed by atoms with Gasteiger partial charge in [-0.2, -0.15) is 0 Å². The van der Waals surface area contributed by atoms with Gasteiger partial charge in [-0.15, -0.1) is 5.10 Å². The number of rotatable bonds is 12. The Morgan fingerprint density at radius 1 is 1.08 bits per heavy atom. The van der Waals surface area contributed by atoms with Crippen molar-refractivity contribution in [2.24, 2.45) is 5.92 Å². The fourth-order valence-electron chi connectivity index (χ4n) is 7.39. The Balaban J connectivity index is 1.29. The summed E-state index contributed by atoms with van der Waals surface area (Å²) in [4.78, 5) is 29.5. The van der Waals surface area contributed by atoms with Crippen molar-refractivity contribution in [1.29, 1.82) is 0 Å². The first-order chi connectivity index (χ1) is 23.5. The maximum atomic E-state index is 16.3. The van der Waals surface area contributed by atoms with Gasteiger partial charge >= 0.3 is 0 Å². The zero-order valence-corrected chi connectivity index (χ0v) is 29.4. The van der Waals surface area contributed by atoms with E-state index in [1.165, 1.54) is 0 Å². The van der Waals surface area contributed by atoms with Crippen LogP contribution in [0, 0.1) is 5.92 Å². The molecule has 2 aliphatic heterocycles. The van der Waals surface area contributed by atoms with Crippen LogP contribution in [0.25, 0.3) is 0 Å². The Bertz CT molecular complexity index is 1830. The molecule has 1 aromatic heterocycles. The number of hydrogen-bond donors (Lipinski definition) is 2. The molecule has 13 heteroatoms. The number of benzene rings is 3. The van der Waals surface area contributed by atoms with Crippen LogP contribution in [0.15, 0.2) is 72.9 Å². The molecule has 258 valence electrons. The van der Waals surface area contributed by atoms with Crippen LogP contribution >= 0.6 is 0 Å². The third-order valence-electron chi connectivity index (χ3n) is 9.64. The number of fused-ring (bicyclic) bond motifs is 2. The average Bonchev–Trinajstić information content (AvgIpc) is 3.73. The van der Waals surface area contributed by atoms with Crippen molar-refractivity contribution in [2.75, 3.05) is 31.0 Å². The first-order valence-corrected chi connectivity index (χ1v) is 19.4. The van der Waals surface area contributed by atoms with Crippen molar-refractivity contribution >= 4 is 31.6 Å². The summed E-state index contributed by atoms with van der Waals surface area (Å²) in [5.74, 6) is 0.231. The zero-order chi connectivity index (χ0) is 34.9. The maximum Gasteiger partial charge on any atom is 0.264 e. The molecule has 3 aromatic carbocycles. The topological polar surface area (TPSA) is 128 Å². The lowest BCUT2D eigenvalue weighted by molar-refractivity contribution is -0.146. The van der Waals surface area contributed by atoms with Crippen LogP contribution in [0.3, 0.4) is 0 Å². The second-order valence-electron chi connectivity index (χ2n) is 13.2. The van der Waals surface area contributed by atoms with Gasteiger partial charge in [-0.05, 0) is 79.7 Å². The second kappa shape index (κ2) is 13.7. The van der Waals surface area contributed by atoms with Gasteiger partial charge < -0.3 is 33.6 Å². The number of hydrogen-bond acceptors (Lipinski definition) is 8. The SMILES string of the molecule is COc1ccc(C(=O)Nc2cccc(CN3C(=O)[C@]4(O[C@H](CCn5cc(CCO)nn5)[C@@H]([Si](C)(C)F)[C@@H]4C)c4cc(OC)ccc43)c2)cc1. The molecule has 0 bridgehead atoms. The Morgan fingerprint density at radius 2 is 1.82 bits per heavy atom. The largest absolute Gasteiger partial charge is 0.497 e. The molecule has 49 heavy (non-hydrogen) atoms. The van der Waals surface area contributed by atoms with Crippen LogP contribution in [0.4, 0.5) is 15.5 Å². The molecule has 4 atom stereocenters. The standard InChI is InChI=1S/C36H42FN5O6Si/c1-23-33(49(4,5)37)32(15-17-41-22-27(16-18-43)39-40-41)48-36(23)30-20-29(47-3)13-14-31(30)42(35(36)45)21-24-7-6-8-26(19-24)38-34(44)25-9-11-28(46-2)12-10-25/h6-14,19-20,22-23,32-33,43H,15-18,21H2,1-5H3,(H,38,44)/t23-,32+,33-,36+/m0/s1. The van der Waals surface area contributed by atoms with Crippen LogP contribution in [-0.4, -0.2) is 67.3 Å². The number of anilines is 2. The molecule has 2 amide bonds. The van der Waals surface area contributed by atoms with Crippen molar-refractivity contribution in [2.45, 2.75) is 63.2 Å². The van der Waals surface area contributed by atoms with E-state index in [2.05, 4.69) is 15.6 Å². The van der Waals surface area contributed by atoms with E-state index in [-0.39, 0.29) is 25.0 Å². The molecule has 11 nitrogen and oxygen atoms in total. The number of ether oxygens (including phenoxy) is 3. The molecule has 1 saturated heterocycles. The minimum atomic E-state index is -3.37. The number of aliphatic hydroxyl groups excluding tert-OH is 1. The lowest BCUT2D eigenvalue weighted by Gasteiger charge is -2.31. The monoisotopic (exact) mass is 687 g/mol. The van der Waals surface area contributed by atoms with Gasteiger partial charge in [0.05, 0.1) is 38.2 Å². The molecule has 6 rings (SSSR count). The first kappa shape index (κ1) is 34.3. The minimum absolute atomic E-state index is 0.0295. The zero-order valence-electron chi connectivity index (χ0n) is 28.4. The van der Waals surface area contributed by atoms with Crippen LogP contribution in [0.5, 0.6) is 11.5 Å². The molecule has 0 saturated carbocycles. The van der Waals surface area contributed by atoms with Gasteiger partial charge in [-0.3, -0.25) is 14.3 Å². The number of carbonyl (C=O) groups is 2. The number of nitrogens with zero attached hydrogens (tertiary/aromatic N) is 4. The Hall–Kier alpha value is -4.59. The van der Waals surface area contributed by atoms with Gasteiger partial charge in [0, 0.05) is 54.0 Å². The van der Waals surface area contributed by atoms with Gasteiger partial charge in [0.1, 0.15) is 11.5 Å². The third kappa shape index (κ3) is 6.57. The molecular weight excluding hydrogens is 646 g/mol. The molecule has 1 spiro atoms. The fraction of sp³-hybridized carbons (Fsp3) is 0.389. The molecular formula is C36H42FN5O6Si.